The number of hydrogen-bond donors (Lipinski definition) is 1. The van der Waals surface area contributed by atoms with Gasteiger partial charge in [-0.05, 0) is 42.0 Å². The monoisotopic (exact) mass is 507 g/mol. The van der Waals surface area contributed by atoms with Gasteiger partial charge in [-0.15, -0.1) is 0 Å². The lowest BCUT2D eigenvalue weighted by atomic mass is 10.0. The molecule has 0 saturated carbocycles. The lowest BCUT2D eigenvalue weighted by molar-refractivity contribution is -0.144. The SMILES string of the molecule is CC(C)c1nc2ccc(Br)cc2c(=O)n1N=Cc1c(O[C@@H](C)C(=O)O)ccc2ccccc12. The first kappa shape index (κ1) is 22.7. The van der Waals surface area contributed by atoms with Gasteiger partial charge in [0, 0.05) is 16.0 Å². The highest BCUT2D eigenvalue weighted by molar-refractivity contribution is 9.10. The Balaban J connectivity index is 1.93. The maximum absolute atomic E-state index is 13.3. The van der Waals surface area contributed by atoms with Gasteiger partial charge >= 0.3 is 5.97 Å². The molecule has 0 aliphatic rings. The van der Waals surface area contributed by atoms with E-state index in [1.54, 1.807) is 18.2 Å². The van der Waals surface area contributed by atoms with E-state index in [4.69, 9.17) is 4.74 Å². The molecular weight excluding hydrogens is 486 g/mol. The molecule has 1 N–H and O–H groups in total. The number of benzene rings is 3. The average molecular weight is 508 g/mol. The summed E-state index contributed by atoms with van der Waals surface area (Å²) in [6.07, 6.45) is 0.484. The standard InChI is InChI=1S/C25H22BrN3O4/c1-14(2)23-28-21-10-9-17(26)12-19(21)24(30)29(23)27-13-20-18-7-5-4-6-16(18)8-11-22(20)33-15(3)25(31)32/h4-15H,1-3H3,(H,31,32)/t15-/m0/s1. The molecule has 0 unspecified atom stereocenters. The van der Waals surface area contributed by atoms with Crippen LogP contribution in [0, 0.1) is 0 Å². The third kappa shape index (κ3) is 4.52. The van der Waals surface area contributed by atoms with Gasteiger partial charge < -0.3 is 9.84 Å². The third-order valence-electron chi connectivity index (χ3n) is 5.23. The number of rotatable bonds is 6. The summed E-state index contributed by atoms with van der Waals surface area (Å²) in [6, 6.07) is 16.6. The molecule has 0 bridgehead atoms. The van der Waals surface area contributed by atoms with Gasteiger partial charge in [0.05, 0.1) is 17.1 Å². The Bertz CT molecular complexity index is 1460. The van der Waals surface area contributed by atoms with Crippen molar-refractivity contribution in [3.63, 3.8) is 0 Å². The predicted molar refractivity (Wildman–Crippen MR) is 132 cm³/mol. The van der Waals surface area contributed by atoms with Crippen molar-refractivity contribution in [3.05, 3.63) is 80.8 Å². The second kappa shape index (κ2) is 9.15. The first-order valence-electron chi connectivity index (χ1n) is 10.4. The molecule has 0 fully saturated rings. The summed E-state index contributed by atoms with van der Waals surface area (Å²) in [5.41, 5.74) is 0.892. The van der Waals surface area contributed by atoms with Crippen molar-refractivity contribution in [1.82, 2.24) is 9.66 Å². The van der Waals surface area contributed by atoms with Gasteiger partial charge in [0.25, 0.3) is 5.56 Å². The van der Waals surface area contributed by atoms with Crippen LogP contribution in [-0.4, -0.2) is 33.1 Å². The topological polar surface area (TPSA) is 93.8 Å². The largest absolute Gasteiger partial charge is 0.479 e. The summed E-state index contributed by atoms with van der Waals surface area (Å²) in [6.45, 7) is 5.35. The van der Waals surface area contributed by atoms with Crippen LogP contribution in [0.3, 0.4) is 0 Å². The van der Waals surface area contributed by atoms with Crippen molar-refractivity contribution in [2.24, 2.45) is 5.10 Å². The van der Waals surface area contributed by atoms with Crippen LogP contribution in [0.1, 0.15) is 38.1 Å². The molecule has 0 saturated heterocycles. The number of fused-ring (bicyclic) bond motifs is 2. The highest BCUT2D eigenvalue weighted by Crippen LogP contribution is 2.28. The number of carbonyl (C=O) groups is 1. The highest BCUT2D eigenvalue weighted by Gasteiger charge is 2.17. The second-order valence-electron chi connectivity index (χ2n) is 7.94. The lowest BCUT2D eigenvalue weighted by Gasteiger charge is -2.15. The molecule has 0 aliphatic carbocycles. The Labute approximate surface area is 198 Å². The van der Waals surface area contributed by atoms with E-state index in [1.165, 1.54) is 17.8 Å². The molecule has 7 nitrogen and oxygen atoms in total. The van der Waals surface area contributed by atoms with E-state index in [-0.39, 0.29) is 11.5 Å². The van der Waals surface area contributed by atoms with Crippen molar-refractivity contribution in [3.8, 4) is 5.75 Å². The first-order chi connectivity index (χ1) is 15.8. The number of aliphatic carboxylic acids is 1. The van der Waals surface area contributed by atoms with Gasteiger partial charge in [0.1, 0.15) is 11.6 Å². The van der Waals surface area contributed by atoms with Crippen LogP contribution in [0.4, 0.5) is 0 Å². The zero-order valence-electron chi connectivity index (χ0n) is 18.3. The smallest absolute Gasteiger partial charge is 0.344 e. The summed E-state index contributed by atoms with van der Waals surface area (Å²) < 4.78 is 7.77. The number of nitrogens with zero attached hydrogens (tertiary/aromatic N) is 3. The normalized spacial score (nSPS) is 12.6. The Kier molecular flexibility index (Phi) is 6.29. The van der Waals surface area contributed by atoms with E-state index < -0.39 is 12.1 Å². The molecule has 1 atom stereocenters. The molecule has 0 aliphatic heterocycles. The van der Waals surface area contributed by atoms with E-state index >= 15 is 0 Å². The molecule has 3 aromatic carbocycles. The molecule has 0 amide bonds. The fourth-order valence-electron chi connectivity index (χ4n) is 3.52. The second-order valence-corrected chi connectivity index (χ2v) is 8.86. The van der Waals surface area contributed by atoms with Crippen LogP contribution >= 0.6 is 15.9 Å². The summed E-state index contributed by atoms with van der Waals surface area (Å²) in [4.78, 5) is 29.3. The lowest BCUT2D eigenvalue weighted by Crippen LogP contribution is -2.24. The third-order valence-corrected chi connectivity index (χ3v) is 5.73. The average Bonchev–Trinajstić information content (AvgIpc) is 2.79. The van der Waals surface area contributed by atoms with Crippen LogP contribution in [0.2, 0.25) is 0 Å². The summed E-state index contributed by atoms with van der Waals surface area (Å²) in [5.74, 6) is -0.248. The quantitative estimate of drug-likeness (QED) is 0.363. The molecule has 0 radical (unpaired) electrons. The molecule has 1 aromatic heterocycles. The Morgan fingerprint density at radius 2 is 1.88 bits per heavy atom. The molecule has 33 heavy (non-hydrogen) atoms. The number of ether oxygens (including phenoxy) is 1. The van der Waals surface area contributed by atoms with Crippen LogP contribution < -0.4 is 10.3 Å². The molecular formula is C25H22BrN3O4. The first-order valence-corrected chi connectivity index (χ1v) is 11.2. The van der Waals surface area contributed by atoms with Gasteiger partial charge in [-0.1, -0.05) is 60.1 Å². The summed E-state index contributed by atoms with van der Waals surface area (Å²) >= 11 is 3.41. The zero-order chi connectivity index (χ0) is 23.7. The molecule has 0 spiro atoms. The number of halogens is 1. The molecule has 1 heterocycles. The van der Waals surface area contributed by atoms with E-state index in [0.29, 0.717) is 28.0 Å². The van der Waals surface area contributed by atoms with Crippen LogP contribution in [0.5, 0.6) is 5.75 Å². The maximum atomic E-state index is 13.3. The zero-order valence-corrected chi connectivity index (χ0v) is 19.9. The van der Waals surface area contributed by atoms with E-state index in [0.717, 1.165) is 15.2 Å². The maximum Gasteiger partial charge on any atom is 0.344 e. The predicted octanol–water partition coefficient (Wildman–Crippen LogP) is 5.17. The molecule has 168 valence electrons. The van der Waals surface area contributed by atoms with Crippen molar-refractivity contribution in [2.75, 3.05) is 0 Å². The molecule has 4 aromatic rings. The van der Waals surface area contributed by atoms with Crippen LogP contribution in [0.15, 0.2) is 69.0 Å². The minimum absolute atomic E-state index is 0.0573. The highest BCUT2D eigenvalue weighted by atomic mass is 79.9. The minimum Gasteiger partial charge on any atom is -0.479 e. The molecule has 4 rings (SSSR count). The van der Waals surface area contributed by atoms with Gasteiger partial charge in [0.2, 0.25) is 0 Å². The number of carboxylic acids is 1. The van der Waals surface area contributed by atoms with E-state index in [2.05, 4.69) is 26.0 Å². The Morgan fingerprint density at radius 3 is 2.61 bits per heavy atom. The number of carboxylic acid groups (broad SMARTS) is 1. The van der Waals surface area contributed by atoms with Crippen molar-refractivity contribution in [1.29, 1.82) is 0 Å². The van der Waals surface area contributed by atoms with Gasteiger partial charge in [-0.2, -0.15) is 9.78 Å². The fraction of sp³-hybridized carbons (Fsp3) is 0.200. The van der Waals surface area contributed by atoms with E-state index in [1.807, 2.05) is 50.2 Å². The number of hydrogen-bond acceptors (Lipinski definition) is 5. The fourth-order valence-corrected chi connectivity index (χ4v) is 3.88. The van der Waals surface area contributed by atoms with Gasteiger partial charge in [0.15, 0.2) is 6.10 Å². The minimum atomic E-state index is -1.08. The van der Waals surface area contributed by atoms with Crippen molar-refractivity contribution in [2.45, 2.75) is 32.8 Å². The van der Waals surface area contributed by atoms with Crippen molar-refractivity contribution >= 4 is 49.8 Å². The Hall–Kier alpha value is -3.52. The van der Waals surface area contributed by atoms with Gasteiger partial charge in [-0.3, -0.25) is 4.79 Å². The Morgan fingerprint density at radius 1 is 1.12 bits per heavy atom. The summed E-state index contributed by atoms with van der Waals surface area (Å²) in [5, 5.41) is 16.0. The van der Waals surface area contributed by atoms with Crippen LogP contribution in [-0.2, 0) is 4.79 Å². The van der Waals surface area contributed by atoms with Gasteiger partial charge in [-0.25, -0.2) is 9.78 Å². The molecule has 8 heteroatoms. The summed E-state index contributed by atoms with van der Waals surface area (Å²) in [7, 11) is 0. The van der Waals surface area contributed by atoms with Crippen LogP contribution in [0.25, 0.3) is 21.7 Å². The van der Waals surface area contributed by atoms with Crippen molar-refractivity contribution < 1.29 is 14.6 Å². The van der Waals surface area contributed by atoms with E-state index in [9.17, 15) is 14.7 Å². The number of aromatic nitrogens is 2.